The number of nitrogens with two attached hydrogens (primary N) is 1. The second-order valence-electron chi connectivity index (χ2n) is 11.0. The van der Waals surface area contributed by atoms with E-state index >= 15 is 0 Å². The van der Waals surface area contributed by atoms with Crippen molar-refractivity contribution in [1.82, 2.24) is 40.6 Å². The maximum absolute atomic E-state index is 13.4. The Morgan fingerprint density at radius 2 is 1.40 bits per heavy atom. The number of aromatic amines is 1. The number of amides is 2. The average Bonchev–Trinajstić information content (AvgIpc) is 3.40. The Hall–Kier alpha value is -3.93. The third-order valence-corrected chi connectivity index (χ3v) is 7.67. The number of para-hydroxylation sites is 1. The molecule has 1 fully saturated rings. The van der Waals surface area contributed by atoms with Crippen LogP contribution in [-0.2, 0) is 30.4 Å². The molecule has 16 nitrogen and oxygen atoms in total. The van der Waals surface area contributed by atoms with Gasteiger partial charge in [0.15, 0.2) is 0 Å². The molecule has 2 amide bonds. The average molecular weight is 632 g/mol. The molecule has 45 heavy (non-hydrogen) atoms. The minimum absolute atomic E-state index is 0.0526. The molecule has 1 saturated heterocycles. The largest absolute Gasteiger partial charge is 0.480 e. The molecule has 0 aliphatic carbocycles. The van der Waals surface area contributed by atoms with Gasteiger partial charge in [-0.05, 0) is 11.6 Å². The van der Waals surface area contributed by atoms with Gasteiger partial charge in [-0.2, -0.15) is 0 Å². The highest BCUT2D eigenvalue weighted by molar-refractivity contribution is 5.90. The molecule has 2 aromatic rings. The molecule has 1 unspecified atom stereocenters. The Morgan fingerprint density at radius 3 is 1.96 bits per heavy atom. The monoisotopic (exact) mass is 631 g/mol. The lowest BCUT2D eigenvalue weighted by molar-refractivity contribution is -0.140. The second-order valence-corrected chi connectivity index (χ2v) is 11.0. The van der Waals surface area contributed by atoms with Crippen molar-refractivity contribution in [2.24, 2.45) is 5.84 Å². The summed E-state index contributed by atoms with van der Waals surface area (Å²) < 4.78 is 0. The quantitative estimate of drug-likeness (QED) is 0.0464. The third-order valence-electron chi connectivity index (χ3n) is 7.67. The summed E-state index contributed by atoms with van der Waals surface area (Å²) in [5.74, 6) is 2.61. The third kappa shape index (κ3) is 12.5. The summed E-state index contributed by atoms with van der Waals surface area (Å²) in [6.45, 7) is 3.23. The van der Waals surface area contributed by atoms with Gasteiger partial charge in [-0.3, -0.25) is 50.0 Å². The Morgan fingerprint density at radius 1 is 0.844 bits per heavy atom. The lowest BCUT2D eigenvalue weighted by atomic mass is 10.0. The molecule has 0 radical (unpaired) electrons. The molecule has 1 aliphatic heterocycles. The summed E-state index contributed by atoms with van der Waals surface area (Å²) >= 11 is 0. The molecule has 248 valence electrons. The van der Waals surface area contributed by atoms with E-state index in [2.05, 4.69) is 21.0 Å². The van der Waals surface area contributed by atoms with Crippen LogP contribution in [0.4, 0.5) is 0 Å². The van der Waals surface area contributed by atoms with Gasteiger partial charge in [0.05, 0.1) is 26.2 Å². The molecule has 0 saturated carbocycles. The molecule has 3 rings (SSSR count). The van der Waals surface area contributed by atoms with Gasteiger partial charge in [0.25, 0.3) is 0 Å². The van der Waals surface area contributed by atoms with Gasteiger partial charge >= 0.3 is 11.9 Å². The van der Waals surface area contributed by atoms with E-state index in [1.165, 1.54) is 0 Å². The number of fused-ring (bicyclic) bond motifs is 1. The first kappa shape index (κ1) is 35.5. The first-order valence-electron chi connectivity index (χ1n) is 15.0. The van der Waals surface area contributed by atoms with Gasteiger partial charge in [0.1, 0.15) is 12.3 Å². The van der Waals surface area contributed by atoms with Crippen LogP contribution >= 0.6 is 0 Å². The predicted molar refractivity (Wildman–Crippen MR) is 166 cm³/mol. The van der Waals surface area contributed by atoms with E-state index in [9.17, 15) is 34.2 Å². The number of carboxylic acids is 2. The molecular formula is C29H45N9O7. The van der Waals surface area contributed by atoms with Gasteiger partial charge < -0.3 is 30.6 Å². The maximum Gasteiger partial charge on any atom is 0.317 e. The predicted octanol–water partition coefficient (Wildman–Crippen LogP) is -2.64. The van der Waals surface area contributed by atoms with E-state index < -0.39 is 18.0 Å². The topological polar surface area (TPSA) is 217 Å². The number of benzene rings is 1. The fourth-order valence-electron chi connectivity index (χ4n) is 5.28. The number of H-pyrrole nitrogens is 1. The first-order valence-corrected chi connectivity index (χ1v) is 15.0. The molecule has 0 spiro atoms. The maximum atomic E-state index is 13.4. The summed E-state index contributed by atoms with van der Waals surface area (Å²) in [6.07, 6.45) is 2.86. The highest BCUT2D eigenvalue weighted by atomic mass is 16.4. The molecule has 0 bridgehead atoms. The first-order chi connectivity index (χ1) is 21.7. The van der Waals surface area contributed by atoms with Crippen molar-refractivity contribution in [1.29, 1.82) is 0 Å². The molecule has 1 aliphatic rings. The molecule has 1 aromatic carbocycles. The number of carbonyl (C=O) groups is 5. The Labute approximate surface area is 261 Å². The van der Waals surface area contributed by atoms with Crippen LogP contribution in [0.2, 0.25) is 0 Å². The van der Waals surface area contributed by atoms with Gasteiger partial charge in [-0.25, -0.2) is 0 Å². The Bertz CT molecular complexity index is 1270. The van der Waals surface area contributed by atoms with Crippen molar-refractivity contribution in [2.75, 3.05) is 91.6 Å². The van der Waals surface area contributed by atoms with Crippen molar-refractivity contribution in [3.8, 4) is 0 Å². The molecule has 1 atom stereocenters. The lowest BCUT2D eigenvalue weighted by Crippen LogP contribution is -2.53. The van der Waals surface area contributed by atoms with E-state index in [1.54, 1.807) is 9.80 Å². The molecule has 2 heterocycles. The summed E-state index contributed by atoms with van der Waals surface area (Å²) in [5.41, 5.74) is 4.28. The van der Waals surface area contributed by atoms with Crippen LogP contribution in [0.25, 0.3) is 10.9 Å². The van der Waals surface area contributed by atoms with Gasteiger partial charge in [-0.1, -0.05) is 18.2 Å². The Kier molecular flexibility index (Phi) is 14.8. The van der Waals surface area contributed by atoms with Crippen LogP contribution < -0.4 is 21.9 Å². The zero-order chi connectivity index (χ0) is 32.6. The number of hydrazine groups is 1. The number of nitrogens with one attached hydrogen (secondary N) is 4. The Balaban J connectivity index is 1.73. The van der Waals surface area contributed by atoms with Gasteiger partial charge in [-0.15, -0.1) is 0 Å². The normalized spacial score (nSPS) is 17.2. The lowest BCUT2D eigenvalue weighted by Gasteiger charge is -2.33. The van der Waals surface area contributed by atoms with Crippen molar-refractivity contribution in [2.45, 2.75) is 12.5 Å². The molecule has 1 aromatic heterocycles. The number of aldehydes is 1. The van der Waals surface area contributed by atoms with Crippen molar-refractivity contribution in [3.63, 3.8) is 0 Å². The minimum atomic E-state index is -1.01. The van der Waals surface area contributed by atoms with Gasteiger partial charge in [0, 0.05) is 89.0 Å². The number of carboxylic acid groups (broad SMARTS) is 2. The van der Waals surface area contributed by atoms with E-state index in [4.69, 9.17) is 5.84 Å². The van der Waals surface area contributed by atoms with Crippen molar-refractivity contribution in [3.05, 3.63) is 36.0 Å². The van der Waals surface area contributed by atoms with E-state index in [1.807, 2.05) is 40.3 Å². The summed E-state index contributed by atoms with van der Waals surface area (Å²) in [7, 11) is 0. The van der Waals surface area contributed by atoms with E-state index in [0.717, 1.165) is 22.8 Å². The number of aromatic nitrogens is 1. The fourth-order valence-corrected chi connectivity index (χ4v) is 5.28. The van der Waals surface area contributed by atoms with Crippen LogP contribution in [0, 0.1) is 0 Å². The van der Waals surface area contributed by atoms with Crippen LogP contribution in [0.3, 0.4) is 0 Å². The summed E-state index contributed by atoms with van der Waals surface area (Å²) in [6, 6.07) is 6.83. The van der Waals surface area contributed by atoms with Crippen LogP contribution in [0.1, 0.15) is 5.56 Å². The zero-order valence-corrected chi connectivity index (χ0v) is 25.4. The second kappa shape index (κ2) is 18.8. The highest BCUT2D eigenvalue weighted by Gasteiger charge is 2.25. The number of hydrogen-bond acceptors (Lipinski definition) is 11. The standard InChI is InChI=1S/C29H45N9O7/c30-33-6-5-31-29(45)25(17-22-18-32-24-4-2-1-3-23(22)24)34-26(40)19-36-9-7-35(15-16-39)8-10-37(20-27(41)42)13-14-38(12-11-36)21-28(43)44/h1-4,16,18,25,32-33H,5-15,17,19-21,30H2,(H,31,45)(H,34,40)(H,41,42)(H,43,44). The summed E-state index contributed by atoms with van der Waals surface area (Å²) in [5, 5.41) is 25.4. The molecular weight excluding hydrogens is 586 g/mol. The van der Waals surface area contributed by atoms with Crippen molar-refractivity contribution < 1.29 is 34.2 Å². The fraction of sp³-hybridized carbons (Fsp3) is 0.552. The molecule has 8 N–H and O–H groups in total. The molecule has 16 heteroatoms. The zero-order valence-electron chi connectivity index (χ0n) is 25.4. The van der Waals surface area contributed by atoms with Gasteiger partial charge in [0.2, 0.25) is 11.8 Å². The number of hydrogen-bond donors (Lipinski definition) is 7. The smallest absolute Gasteiger partial charge is 0.317 e. The number of rotatable bonds is 15. The van der Waals surface area contributed by atoms with Crippen molar-refractivity contribution >= 4 is 40.9 Å². The number of aliphatic carboxylic acids is 2. The van der Waals surface area contributed by atoms with Crippen LogP contribution in [-0.4, -0.2) is 163 Å². The van der Waals surface area contributed by atoms with E-state index in [-0.39, 0.29) is 51.0 Å². The summed E-state index contributed by atoms with van der Waals surface area (Å²) in [4.78, 5) is 71.3. The SMILES string of the molecule is NNCCNC(=O)C(Cc1c[nH]c2ccccc12)NC(=O)CN1CCN(CC=O)CCN(CC(=O)O)CCN(CC(=O)O)CC1. The number of carbonyl (C=O) groups excluding carboxylic acids is 3. The van der Waals surface area contributed by atoms with Crippen LogP contribution in [0.5, 0.6) is 0 Å². The minimum Gasteiger partial charge on any atom is -0.480 e. The highest BCUT2D eigenvalue weighted by Crippen LogP contribution is 2.19. The van der Waals surface area contributed by atoms with Crippen LogP contribution in [0.15, 0.2) is 30.5 Å². The van der Waals surface area contributed by atoms with E-state index in [0.29, 0.717) is 58.9 Å². The number of nitrogens with zero attached hydrogens (tertiary/aromatic N) is 4.